The van der Waals surface area contributed by atoms with Crippen molar-refractivity contribution in [1.29, 1.82) is 0 Å². The minimum atomic E-state index is 0.496. The second-order valence-electron chi connectivity index (χ2n) is 5.71. The third kappa shape index (κ3) is 3.53. The van der Waals surface area contributed by atoms with Gasteiger partial charge in [-0.25, -0.2) is 0 Å². The molecule has 1 nitrogen and oxygen atoms in total. The monoisotopic (exact) mass is 271 g/mol. The number of hydrogen-bond donors (Lipinski definition) is 1. The molecule has 0 unspecified atom stereocenters. The predicted molar refractivity (Wildman–Crippen MR) is 76.1 cm³/mol. The fourth-order valence-corrected chi connectivity index (χ4v) is 2.72. The number of rotatable bonds is 2. The molecule has 17 heavy (non-hydrogen) atoms. The summed E-state index contributed by atoms with van der Waals surface area (Å²) in [4.78, 5) is 0. The molecule has 1 N–H and O–H groups in total. The first-order valence-electron chi connectivity index (χ1n) is 6.18. The summed E-state index contributed by atoms with van der Waals surface area (Å²) in [6, 6.07) is 6.10. The summed E-state index contributed by atoms with van der Waals surface area (Å²) in [7, 11) is 0. The van der Waals surface area contributed by atoms with E-state index in [2.05, 4.69) is 19.2 Å². The van der Waals surface area contributed by atoms with Gasteiger partial charge in [0.15, 0.2) is 0 Å². The van der Waals surface area contributed by atoms with E-state index in [1.165, 1.54) is 25.7 Å². The lowest BCUT2D eigenvalue weighted by atomic mass is 9.75. The molecule has 1 fully saturated rings. The summed E-state index contributed by atoms with van der Waals surface area (Å²) >= 11 is 12.1. The Morgan fingerprint density at radius 2 is 1.82 bits per heavy atom. The summed E-state index contributed by atoms with van der Waals surface area (Å²) in [5.74, 6) is 0. The van der Waals surface area contributed by atoms with Gasteiger partial charge in [0.05, 0.1) is 10.7 Å². The molecular weight excluding hydrogens is 253 g/mol. The first-order chi connectivity index (χ1) is 7.96. The summed E-state index contributed by atoms with van der Waals surface area (Å²) in [5.41, 5.74) is 1.46. The van der Waals surface area contributed by atoms with E-state index in [1.807, 2.05) is 18.2 Å². The molecule has 0 aliphatic heterocycles. The number of benzene rings is 1. The van der Waals surface area contributed by atoms with Crippen LogP contribution < -0.4 is 5.32 Å². The van der Waals surface area contributed by atoms with Gasteiger partial charge in [-0.1, -0.05) is 37.0 Å². The van der Waals surface area contributed by atoms with E-state index in [9.17, 15) is 0 Å². The molecule has 0 spiro atoms. The molecule has 0 heterocycles. The minimum Gasteiger partial charge on any atom is -0.381 e. The van der Waals surface area contributed by atoms with Gasteiger partial charge in [0.2, 0.25) is 0 Å². The average molecular weight is 272 g/mol. The third-order valence-electron chi connectivity index (χ3n) is 3.63. The van der Waals surface area contributed by atoms with E-state index in [1.54, 1.807) is 0 Å². The first-order valence-corrected chi connectivity index (χ1v) is 6.93. The maximum absolute atomic E-state index is 6.15. The van der Waals surface area contributed by atoms with Crippen LogP contribution in [0, 0.1) is 5.41 Å². The largest absolute Gasteiger partial charge is 0.381 e. The summed E-state index contributed by atoms with van der Waals surface area (Å²) in [5, 5.41) is 4.99. The van der Waals surface area contributed by atoms with Crippen molar-refractivity contribution >= 4 is 28.9 Å². The van der Waals surface area contributed by atoms with Gasteiger partial charge in [-0.15, -0.1) is 0 Å². The van der Waals surface area contributed by atoms with Crippen LogP contribution in [0.25, 0.3) is 0 Å². The molecule has 1 saturated carbocycles. The highest BCUT2D eigenvalue weighted by Gasteiger charge is 2.26. The molecule has 2 rings (SSSR count). The number of anilines is 1. The fourth-order valence-electron chi connectivity index (χ4n) is 2.37. The maximum Gasteiger partial charge on any atom is 0.0638 e. The van der Waals surface area contributed by atoms with Crippen LogP contribution in [0.15, 0.2) is 18.2 Å². The van der Waals surface area contributed by atoms with Crippen molar-refractivity contribution in [3.8, 4) is 0 Å². The highest BCUT2D eigenvalue weighted by atomic mass is 35.5. The van der Waals surface area contributed by atoms with Crippen LogP contribution in [-0.4, -0.2) is 6.04 Å². The van der Waals surface area contributed by atoms with Crippen molar-refractivity contribution in [3.63, 3.8) is 0 Å². The van der Waals surface area contributed by atoms with E-state index in [-0.39, 0.29) is 0 Å². The summed E-state index contributed by atoms with van der Waals surface area (Å²) in [6.07, 6.45) is 4.94. The van der Waals surface area contributed by atoms with Crippen molar-refractivity contribution in [2.75, 3.05) is 5.32 Å². The molecule has 3 heteroatoms. The van der Waals surface area contributed by atoms with Gasteiger partial charge in [0.1, 0.15) is 0 Å². The molecule has 0 radical (unpaired) electrons. The van der Waals surface area contributed by atoms with Crippen LogP contribution in [-0.2, 0) is 0 Å². The lowest BCUT2D eigenvalue weighted by Gasteiger charge is -2.35. The van der Waals surface area contributed by atoms with Crippen molar-refractivity contribution < 1.29 is 0 Å². The maximum atomic E-state index is 6.15. The fraction of sp³-hybridized carbons (Fsp3) is 0.571. The summed E-state index contributed by atoms with van der Waals surface area (Å²) < 4.78 is 0. The SMILES string of the molecule is CC1(C)CCC(Nc2cc(Cl)ccc2Cl)CC1. The molecule has 0 atom stereocenters. The molecule has 1 aromatic carbocycles. The number of halogens is 2. The molecule has 94 valence electrons. The zero-order valence-corrected chi connectivity index (χ0v) is 11.9. The van der Waals surface area contributed by atoms with Crippen LogP contribution in [0.2, 0.25) is 10.0 Å². The first kappa shape index (κ1) is 13.0. The van der Waals surface area contributed by atoms with Gasteiger partial charge in [-0.3, -0.25) is 0 Å². The van der Waals surface area contributed by atoms with Crippen LogP contribution in [0.1, 0.15) is 39.5 Å². The van der Waals surface area contributed by atoms with E-state index in [0.29, 0.717) is 11.5 Å². The minimum absolute atomic E-state index is 0.496. The second kappa shape index (κ2) is 5.07. The van der Waals surface area contributed by atoms with Crippen molar-refractivity contribution in [2.45, 2.75) is 45.6 Å². The Morgan fingerprint density at radius 3 is 2.47 bits per heavy atom. The Labute approximate surface area is 114 Å². The quantitative estimate of drug-likeness (QED) is 0.762. The standard InChI is InChI=1S/C14H19Cl2N/c1-14(2)7-5-11(6-8-14)17-13-9-10(15)3-4-12(13)16/h3-4,9,11,17H,5-8H2,1-2H3. The van der Waals surface area contributed by atoms with Gasteiger partial charge in [-0.2, -0.15) is 0 Å². The highest BCUT2D eigenvalue weighted by molar-refractivity contribution is 6.35. The van der Waals surface area contributed by atoms with Gasteiger partial charge in [0, 0.05) is 11.1 Å². The van der Waals surface area contributed by atoms with Gasteiger partial charge in [-0.05, 0) is 49.3 Å². The zero-order chi connectivity index (χ0) is 12.5. The molecule has 1 aromatic rings. The molecule has 0 saturated heterocycles. The van der Waals surface area contributed by atoms with Crippen LogP contribution in [0.3, 0.4) is 0 Å². The van der Waals surface area contributed by atoms with Gasteiger partial charge < -0.3 is 5.32 Å². The topological polar surface area (TPSA) is 12.0 Å². The smallest absolute Gasteiger partial charge is 0.0638 e. The van der Waals surface area contributed by atoms with Gasteiger partial charge in [0.25, 0.3) is 0 Å². The van der Waals surface area contributed by atoms with Crippen molar-refractivity contribution in [3.05, 3.63) is 28.2 Å². The lowest BCUT2D eigenvalue weighted by molar-refractivity contribution is 0.232. The Hall–Kier alpha value is -0.400. The molecule has 0 amide bonds. The van der Waals surface area contributed by atoms with Crippen LogP contribution in [0.4, 0.5) is 5.69 Å². The molecule has 0 aromatic heterocycles. The Balaban J connectivity index is 2.00. The van der Waals surface area contributed by atoms with Crippen molar-refractivity contribution in [2.24, 2.45) is 5.41 Å². The Kier molecular flexibility index (Phi) is 3.89. The van der Waals surface area contributed by atoms with E-state index >= 15 is 0 Å². The summed E-state index contributed by atoms with van der Waals surface area (Å²) in [6.45, 7) is 4.69. The number of nitrogens with one attached hydrogen (secondary N) is 1. The third-order valence-corrected chi connectivity index (χ3v) is 4.19. The van der Waals surface area contributed by atoms with Crippen LogP contribution >= 0.6 is 23.2 Å². The lowest BCUT2D eigenvalue weighted by Crippen LogP contribution is -2.29. The van der Waals surface area contributed by atoms with Gasteiger partial charge >= 0.3 is 0 Å². The second-order valence-corrected chi connectivity index (χ2v) is 6.55. The van der Waals surface area contributed by atoms with Crippen molar-refractivity contribution in [1.82, 2.24) is 0 Å². The average Bonchev–Trinajstić information content (AvgIpc) is 2.26. The Morgan fingerprint density at radius 1 is 1.18 bits per heavy atom. The van der Waals surface area contributed by atoms with E-state index < -0.39 is 0 Å². The normalized spacial score (nSPS) is 20.2. The predicted octanol–water partition coefficient (Wildman–Crippen LogP) is 5.37. The van der Waals surface area contributed by atoms with E-state index in [4.69, 9.17) is 23.2 Å². The molecule has 0 bridgehead atoms. The highest BCUT2D eigenvalue weighted by Crippen LogP contribution is 2.37. The molecule has 1 aliphatic carbocycles. The van der Waals surface area contributed by atoms with Crippen LogP contribution in [0.5, 0.6) is 0 Å². The molecular formula is C14H19Cl2N. The Bertz CT molecular complexity index is 391. The zero-order valence-electron chi connectivity index (χ0n) is 10.4. The van der Waals surface area contributed by atoms with E-state index in [0.717, 1.165) is 15.7 Å². The number of hydrogen-bond acceptors (Lipinski definition) is 1. The molecule has 1 aliphatic rings.